The van der Waals surface area contributed by atoms with E-state index in [-0.39, 0.29) is 12.2 Å². The molecule has 0 aliphatic heterocycles. The van der Waals surface area contributed by atoms with Gasteiger partial charge in [-0.25, -0.2) is 0 Å². The average Bonchev–Trinajstić information content (AvgIpc) is 3.08. The van der Waals surface area contributed by atoms with Crippen LogP contribution in [-0.4, -0.2) is 22.4 Å². The van der Waals surface area contributed by atoms with Crippen molar-refractivity contribution >= 4 is 0 Å². The molecule has 3 fully saturated rings. The van der Waals surface area contributed by atoms with Gasteiger partial charge < -0.3 is 10.2 Å². The van der Waals surface area contributed by atoms with Gasteiger partial charge in [-0.2, -0.15) is 0 Å². The molecule has 0 spiro atoms. The Balaban J connectivity index is 1.50. The smallest absolute Gasteiger partial charge is 0.0577 e. The van der Waals surface area contributed by atoms with Crippen LogP contribution in [0.15, 0.2) is 11.6 Å². The number of allylic oxidation sites excluding steroid dienone is 1. The number of fused-ring (bicyclic) bond motifs is 5. The van der Waals surface area contributed by atoms with E-state index in [1.54, 1.807) is 5.57 Å². The van der Waals surface area contributed by atoms with Gasteiger partial charge in [-0.15, -0.1) is 0 Å². The summed E-state index contributed by atoms with van der Waals surface area (Å²) in [5, 5.41) is 21.6. The molecular weight excluding hydrogens is 392 g/mol. The molecule has 0 aromatic heterocycles. The van der Waals surface area contributed by atoms with Gasteiger partial charge in [0.1, 0.15) is 0 Å². The quantitative estimate of drug-likeness (QED) is 0.424. The van der Waals surface area contributed by atoms with E-state index in [1.807, 2.05) is 0 Å². The van der Waals surface area contributed by atoms with E-state index in [0.29, 0.717) is 40.4 Å². The maximum absolute atomic E-state index is 11.4. The van der Waals surface area contributed by atoms with Crippen molar-refractivity contribution in [3.63, 3.8) is 0 Å². The van der Waals surface area contributed by atoms with E-state index >= 15 is 0 Å². The SMILES string of the molecule is CC(C)C(C[C@H](O)[C@@H](C)[C@H]1CCC2C3CC=C4C[C@@H](O)CC[C@]4(C)C3CC[C@@]21C)C(C)C. The van der Waals surface area contributed by atoms with Crippen LogP contribution in [0.4, 0.5) is 0 Å². The number of aliphatic hydroxyl groups is 2. The molecule has 0 heterocycles. The Morgan fingerprint density at radius 3 is 2.28 bits per heavy atom. The third kappa shape index (κ3) is 4.04. The molecule has 32 heavy (non-hydrogen) atoms. The van der Waals surface area contributed by atoms with Crippen LogP contribution in [-0.2, 0) is 0 Å². The second kappa shape index (κ2) is 9.03. The number of hydrogen-bond donors (Lipinski definition) is 2. The van der Waals surface area contributed by atoms with Crippen LogP contribution in [0.3, 0.4) is 0 Å². The van der Waals surface area contributed by atoms with E-state index in [2.05, 4.69) is 54.5 Å². The lowest BCUT2D eigenvalue weighted by Gasteiger charge is -2.58. The molecule has 4 aliphatic carbocycles. The van der Waals surface area contributed by atoms with Crippen molar-refractivity contribution in [1.29, 1.82) is 0 Å². The van der Waals surface area contributed by atoms with Gasteiger partial charge >= 0.3 is 0 Å². The Hall–Kier alpha value is -0.340. The van der Waals surface area contributed by atoms with Crippen LogP contribution in [0.5, 0.6) is 0 Å². The minimum atomic E-state index is -0.168. The predicted molar refractivity (Wildman–Crippen MR) is 134 cm³/mol. The maximum Gasteiger partial charge on any atom is 0.0577 e. The first kappa shape index (κ1) is 24.8. The summed E-state index contributed by atoms with van der Waals surface area (Å²) in [7, 11) is 0. The molecule has 184 valence electrons. The molecule has 4 aliphatic rings. The van der Waals surface area contributed by atoms with Gasteiger partial charge in [-0.05, 0) is 116 Å². The molecule has 2 N–H and O–H groups in total. The minimum Gasteiger partial charge on any atom is -0.393 e. The monoisotopic (exact) mass is 444 g/mol. The average molecular weight is 445 g/mol. The Labute approximate surface area is 198 Å². The van der Waals surface area contributed by atoms with Gasteiger partial charge in [0.15, 0.2) is 0 Å². The first-order valence-corrected chi connectivity index (χ1v) is 14.0. The highest BCUT2D eigenvalue weighted by molar-refractivity contribution is 5.25. The van der Waals surface area contributed by atoms with Gasteiger partial charge in [0.25, 0.3) is 0 Å². The Bertz CT molecular complexity index is 687. The van der Waals surface area contributed by atoms with Gasteiger partial charge in [0, 0.05) is 0 Å². The van der Waals surface area contributed by atoms with Gasteiger partial charge in [0.05, 0.1) is 12.2 Å². The van der Waals surface area contributed by atoms with Crippen LogP contribution in [0.1, 0.15) is 106 Å². The molecule has 0 radical (unpaired) electrons. The van der Waals surface area contributed by atoms with Gasteiger partial charge in [-0.1, -0.05) is 60.1 Å². The second-order valence-corrected chi connectivity index (χ2v) is 13.7. The molecule has 0 aromatic rings. The zero-order valence-electron chi connectivity index (χ0n) is 22.1. The Kier molecular flexibility index (Phi) is 6.99. The van der Waals surface area contributed by atoms with E-state index in [9.17, 15) is 10.2 Å². The lowest BCUT2D eigenvalue weighted by molar-refractivity contribution is -0.0702. The summed E-state index contributed by atoms with van der Waals surface area (Å²) >= 11 is 0. The second-order valence-electron chi connectivity index (χ2n) is 13.7. The Morgan fingerprint density at radius 1 is 0.938 bits per heavy atom. The van der Waals surface area contributed by atoms with Crippen molar-refractivity contribution in [3.05, 3.63) is 11.6 Å². The zero-order valence-corrected chi connectivity index (χ0v) is 22.1. The third-order valence-corrected chi connectivity index (χ3v) is 11.6. The molecule has 0 saturated heterocycles. The van der Waals surface area contributed by atoms with Crippen LogP contribution < -0.4 is 0 Å². The number of hydrogen-bond acceptors (Lipinski definition) is 2. The fourth-order valence-corrected chi connectivity index (χ4v) is 9.62. The molecular formula is C30H52O2. The molecule has 3 saturated carbocycles. The minimum absolute atomic E-state index is 0.113. The molecule has 0 bridgehead atoms. The topological polar surface area (TPSA) is 40.5 Å². The van der Waals surface area contributed by atoms with Gasteiger partial charge in [0.2, 0.25) is 0 Å². The largest absolute Gasteiger partial charge is 0.393 e. The van der Waals surface area contributed by atoms with Crippen molar-refractivity contribution in [2.45, 2.75) is 118 Å². The maximum atomic E-state index is 11.4. The van der Waals surface area contributed by atoms with E-state index < -0.39 is 0 Å². The molecule has 2 heteroatoms. The molecule has 9 atom stereocenters. The third-order valence-electron chi connectivity index (χ3n) is 11.6. The summed E-state index contributed by atoms with van der Waals surface area (Å²) in [5.41, 5.74) is 2.30. The van der Waals surface area contributed by atoms with Crippen molar-refractivity contribution in [2.75, 3.05) is 0 Å². The number of rotatable bonds is 6. The molecule has 4 rings (SSSR count). The Morgan fingerprint density at radius 2 is 1.62 bits per heavy atom. The summed E-state index contributed by atoms with van der Waals surface area (Å²) < 4.78 is 0. The van der Waals surface area contributed by atoms with E-state index in [1.165, 1.54) is 38.5 Å². The van der Waals surface area contributed by atoms with Crippen molar-refractivity contribution < 1.29 is 10.2 Å². The summed E-state index contributed by atoms with van der Waals surface area (Å²) in [4.78, 5) is 0. The summed E-state index contributed by atoms with van der Waals surface area (Å²) in [6.45, 7) is 16.8. The summed E-state index contributed by atoms with van der Waals surface area (Å²) in [6, 6.07) is 0. The van der Waals surface area contributed by atoms with Crippen molar-refractivity contribution in [3.8, 4) is 0 Å². The highest BCUT2D eigenvalue weighted by Crippen LogP contribution is 2.67. The number of aliphatic hydroxyl groups excluding tert-OH is 2. The molecule has 3 unspecified atom stereocenters. The fourth-order valence-electron chi connectivity index (χ4n) is 9.62. The normalized spacial score (nSPS) is 43.6. The summed E-state index contributed by atoms with van der Waals surface area (Å²) in [6.07, 6.45) is 12.9. The molecule has 0 aromatic carbocycles. The van der Waals surface area contributed by atoms with E-state index in [4.69, 9.17) is 0 Å². The lowest BCUT2D eigenvalue weighted by atomic mass is 9.47. The zero-order chi connectivity index (χ0) is 23.4. The predicted octanol–water partition coefficient (Wildman–Crippen LogP) is 7.24. The highest BCUT2D eigenvalue weighted by atomic mass is 16.3. The van der Waals surface area contributed by atoms with Crippen molar-refractivity contribution in [2.24, 2.45) is 58.2 Å². The van der Waals surface area contributed by atoms with Crippen LogP contribution in [0.25, 0.3) is 0 Å². The lowest BCUT2D eigenvalue weighted by Crippen LogP contribution is -2.51. The molecule has 2 nitrogen and oxygen atoms in total. The fraction of sp³-hybridized carbons (Fsp3) is 0.933. The molecule has 0 amide bonds. The summed E-state index contributed by atoms with van der Waals surface area (Å²) in [5.74, 6) is 5.37. The standard InChI is InChI=1S/C30H52O2/c1-18(2)24(19(3)4)17-28(32)20(5)25-10-11-26-23-9-8-21-16-22(31)12-14-29(21,6)27(23)13-15-30(25,26)7/h8,18-20,22-28,31-32H,9-17H2,1-7H3/t20-,22-,23?,25+,26?,27?,28-,29-,30+/m0/s1. The first-order valence-electron chi connectivity index (χ1n) is 14.0. The van der Waals surface area contributed by atoms with Gasteiger partial charge in [-0.3, -0.25) is 0 Å². The highest BCUT2D eigenvalue weighted by Gasteiger charge is 2.59. The van der Waals surface area contributed by atoms with E-state index in [0.717, 1.165) is 37.0 Å². The van der Waals surface area contributed by atoms with Crippen LogP contribution in [0.2, 0.25) is 0 Å². The van der Waals surface area contributed by atoms with Crippen LogP contribution >= 0.6 is 0 Å². The van der Waals surface area contributed by atoms with Crippen molar-refractivity contribution in [1.82, 2.24) is 0 Å². The van der Waals surface area contributed by atoms with Crippen LogP contribution in [0, 0.1) is 58.2 Å². The first-order chi connectivity index (χ1) is 15.0.